The lowest BCUT2D eigenvalue weighted by molar-refractivity contribution is 0.629. The molecule has 3 aromatic rings. The van der Waals surface area contributed by atoms with E-state index in [0.717, 1.165) is 28.5 Å². The minimum absolute atomic E-state index is 0.0507. The molecule has 0 atom stereocenters. The Labute approximate surface area is 141 Å². The highest BCUT2D eigenvalue weighted by Gasteiger charge is 2.19. The number of rotatable bonds is 4. The highest BCUT2D eigenvalue weighted by Crippen LogP contribution is 2.30. The quantitative estimate of drug-likeness (QED) is 0.768. The molecule has 0 aromatic carbocycles. The standard InChI is InChI=1S/C18H22N4S/c1-18(2,3)21-17-16(14-6-5-8-19-11-14)20-15-10-13(12-23-4)7-9-22(15)17/h5-11,21H,12H2,1-4H3. The third kappa shape index (κ3) is 3.50. The van der Waals surface area contributed by atoms with Gasteiger partial charge in [0.25, 0.3) is 0 Å². The zero-order valence-corrected chi connectivity index (χ0v) is 14.8. The minimum atomic E-state index is -0.0507. The van der Waals surface area contributed by atoms with Gasteiger partial charge < -0.3 is 5.32 Å². The van der Waals surface area contributed by atoms with Crippen molar-refractivity contribution in [3.05, 3.63) is 48.4 Å². The van der Waals surface area contributed by atoms with Gasteiger partial charge in [0.15, 0.2) is 0 Å². The highest BCUT2D eigenvalue weighted by atomic mass is 32.2. The lowest BCUT2D eigenvalue weighted by atomic mass is 10.1. The molecule has 0 spiro atoms. The van der Waals surface area contributed by atoms with Gasteiger partial charge in [-0.1, -0.05) is 0 Å². The Hall–Kier alpha value is -2.01. The number of hydrogen-bond acceptors (Lipinski definition) is 4. The van der Waals surface area contributed by atoms with Crippen LogP contribution in [0.3, 0.4) is 0 Å². The number of anilines is 1. The van der Waals surface area contributed by atoms with Crippen molar-refractivity contribution < 1.29 is 0 Å². The first-order valence-electron chi connectivity index (χ1n) is 7.66. The number of nitrogens with one attached hydrogen (secondary N) is 1. The molecular formula is C18H22N4S. The summed E-state index contributed by atoms with van der Waals surface area (Å²) in [5, 5.41) is 3.59. The van der Waals surface area contributed by atoms with Gasteiger partial charge in [-0.2, -0.15) is 11.8 Å². The summed E-state index contributed by atoms with van der Waals surface area (Å²) in [5.74, 6) is 2.00. The largest absolute Gasteiger partial charge is 0.365 e. The molecule has 0 bridgehead atoms. The van der Waals surface area contributed by atoms with Crippen LogP contribution in [-0.4, -0.2) is 26.2 Å². The summed E-state index contributed by atoms with van der Waals surface area (Å²) in [5.41, 5.74) is 4.16. The van der Waals surface area contributed by atoms with Crippen LogP contribution in [0.25, 0.3) is 16.9 Å². The first-order chi connectivity index (χ1) is 11.0. The van der Waals surface area contributed by atoms with Crippen molar-refractivity contribution in [3.8, 4) is 11.3 Å². The number of thioether (sulfide) groups is 1. The molecule has 0 saturated heterocycles. The molecule has 120 valence electrons. The number of nitrogens with zero attached hydrogens (tertiary/aromatic N) is 3. The Kier molecular flexibility index (Phi) is 4.31. The molecule has 0 aliphatic heterocycles. The Bertz CT molecular complexity index is 803. The van der Waals surface area contributed by atoms with Gasteiger partial charge >= 0.3 is 0 Å². The monoisotopic (exact) mass is 326 g/mol. The summed E-state index contributed by atoms with van der Waals surface area (Å²) in [6, 6.07) is 8.31. The number of aromatic nitrogens is 3. The molecule has 0 fully saturated rings. The fourth-order valence-electron chi connectivity index (χ4n) is 2.52. The van der Waals surface area contributed by atoms with E-state index >= 15 is 0 Å². The molecule has 0 amide bonds. The van der Waals surface area contributed by atoms with Gasteiger partial charge in [-0.05, 0) is 56.9 Å². The maximum Gasteiger partial charge on any atom is 0.139 e. The second kappa shape index (κ2) is 6.24. The summed E-state index contributed by atoms with van der Waals surface area (Å²) in [6.45, 7) is 6.46. The fourth-order valence-corrected chi connectivity index (χ4v) is 3.04. The Morgan fingerprint density at radius 2 is 2.09 bits per heavy atom. The van der Waals surface area contributed by atoms with Gasteiger partial charge in [0.1, 0.15) is 17.2 Å². The molecule has 0 aliphatic rings. The molecule has 3 rings (SSSR count). The molecular weight excluding hydrogens is 304 g/mol. The zero-order valence-electron chi connectivity index (χ0n) is 14.0. The Morgan fingerprint density at radius 3 is 2.74 bits per heavy atom. The van der Waals surface area contributed by atoms with E-state index in [-0.39, 0.29) is 5.54 Å². The van der Waals surface area contributed by atoms with E-state index in [1.165, 1.54) is 5.56 Å². The number of pyridine rings is 2. The average Bonchev–Trinajstić information content (AvgIpc) is 2.85. The SMILES string of the molecule is CSCc1ccn2c(NC(C)(C)C)c(-c3cccnc3)nc2c1. The Morgan fingerprint density at radius 1 is 1.26 bits per heavy atom. The van der Waals surface area contributed by atoms with Crippen molar-refractivity contribution in [1.82, 2.24) is 14.4 Å². The van der Waals surface area contributed by atoms with Gasteiger partial charge in [-0.25, -0.2) is 4.98 Å². The molecule has 0 unspecified atom stereocenters. The van der Waals surface area contributed by atoms with Gasteiger partial charge in [0.2, 0.25) is 0 Å². The van der Waals surface area contributed by atoms with Crippen LogP contribution >= 0.6 is 11.8 Å². The summed E-state index contributed by atoms with van der Waals surface area (Å²) >= 11 is 1.82. The number of imidazole rings is 1. The third-order valence-electron chi connectivity index (χ3n) is 3.43. The fraction of sp³-hybridized carbons (Fsp3) is 0.333. The molecule has 1 N–H and O–H groups in total. The van der Waals surface area contributed by atoms with Gasteiger partial charge in [0.05, 0.1) is 0 Å². The van der Waals surface area contributed by atoms with Crippen molar-refractivity contribution in [3.63, 3.8) is 0 Å². The van der Waals surface area contributed by atoms with Crippen molar-refractivity contribution in [2.45, 2.75) is 32.1 Å². The van der Waals surface area contributed by atoms with Crippen LogP contribution in [0.15, 0.2) is 42.9 Å². The molecule has 5 heteroatoms. The second-order valence-electron chi connectivity index (χ2n) is 6.62. The first-order valence-corrected chi connectivity index (χ1v) is 9.06. The van der Waals surface area contributed by atoms with Crippen molar-refractivity contribution in [2.75, 3.05) is 11.6 Å². The van der Waals surface area contributed by atoms with Crippen LogP contribution in [0.5, 0.6) is 0 Å². The molecule has 4 nitrogen and oxygen atoms in total. The normalized spacial score (nSPS) is 11.8. The average molecular weight is 326 g/mol. The van der Waals surface area contributed by atoms with Crippen molar-refractivity contribution in [1.29, 1.82) is 0 Å². The molecule has 0 saturated carbocycles. The molecule has 3 aromatic heterocycles. The zero-order chi connectivity index (χ0) is 16.4. The van der Waals surface area contributed by atoms with E-state index in [9.17, 15) is 0 Å². The van der Waals surface area contributed by atoms with Crippen LogP contribution in [-0.2, 0) is 5.75 Å². The lowest BCUT2D eigenvalue weighted by Crippen LogP contribution is -2.27. The number of fused-ring (bicyclic) bond motifs is 1. The van der Waals surface area contributed by atoms with E-state index in [2.05, 4.69) is 60.1 Å². The van der Waals surface area contributed by atoms with Crippen LogP contribution in [0.1, 0.15) is 26.3 Å². The maximum absolute atomic E-state index is 4.86. The molecule has 0 aliphatic carbocycles. The van der Waals surface area contributed by atoms with Crippen LogP contribution in [0.4, 0.5) is 5.82 Å². The van der Waals surface area contributed by atoms with E-state index in [0.29, 0.717) is 0 Å². The third-order valence-corrected chi connectivity index (χ3v) is 4.05. The van der Waals surface area contributed by atoms with Gasteiger partial charge in [-0.3, -0.25) is 9.38 Å². The predicted molar refractivity (Wildman–Crippen MR) is 99.0 cm³/mol. The van der Waals surface area contributed by atoms with Crippen molar-refractivity contribution in [2.24, 2.45) is 0 Å². The van der Waals surface area contributed by atoms with E-state index in [4.69, 9.17) is 4.98 Å². The van der Waals surface area contributed by atoms with Crippen LogP contribution in [0, 0.1) is 0 Å². The highest BCUT2D eigenvalue weighted by molar-refractivity contribution is 7.97. The van der Waals surface area contributed by atoms with Crippen LogP contribution in [0.2, 0.25) is 0 Å². The van der Waals surface area contributed by atoms with E-state index < -0.39 is 0 Å². The lowest BCUT2D eigenvalue weighted by Gasteiger charge is -2.22. The molecule has 3 heterocycles. The van der Waals surface area contributed by atoms with Gasteiger partial charge in [0, 0.05) is 35.4 Å². The second-order valence-corrected chi connectivity index (χ2v) is 7.49. The van der Waals surface area contributed by atoms with E-state index in [1.807, 2.05) is 30.1 Å². The smallest absolute Gasteiger partial charge is 0.139 e. The summed E-state index contributed by atoms with van der Waals surface area (Å²) in [7, 11) is 0. The summed E-state index contributed by atoms with van der Waals surface area (Å²) in [4.78, 5) is 9.10. The minimum Gasteiger partial charge on any atom is -0.365 e. The van der Waals surface area contributed by atoms with Crippen LogP contribution < -0.4 is 5.32 Å². The number of hydrogen-bond donors (Lipinski definition) is 1. The first kappa shape index (κ1) is 15.9. The summed E-state index contributed by atoms with van der Waals surface area (Å²) in [6.07, 6.45) is 7.86. The molecule has 23 heavy (non-hydrogen) atoms. The topological polar surface area (TPSA) is 42.2 Å². The maximum atomic E-state index is 4.86. The Balaban J connectivity index is 2.18. The predicted octanol–water partition coefficient (Wildman–Crippen LogP) is 4.47. The van der Waals surface area contributed by atoms with Crippen molar-refractivity contribution >= 4 is 23.2 Å². The van der Waals surface area contributed by atoms with E-state index in [1.54, 1.807) is 6.20 Å². The van der Waals surface area contributed by atoms with Gasteiger partial charge in [-0.15, -0.1) is 0 Å². The summed E-state index contributed by atoms with van der Waals surface area (Å²) < 4.78 is 2.12. The molecule has 0 radical (unpaired) electrons.